The molecule has 2 heterocycles. The molecule has 5 nitrogen and oxygen atoms in total. The van der Waals surface area contributed by atoms with Crippen LogP contribution in [0.15, 0.2) is 24.3 Å². The van der Waals surface area contributed by atoms with Gasteiger partial charge in [-0.1, -0.05) is 6.92 Å². The molecule has 3 rings (SSSR count). The van der Waals surface area contributed by atoms with Crippen LogP contribution >= 0.6 is 12.2 Å². The van der Waals surface area contributed by atoms with Crippen LogP contribution in [0.25, 0.3) is 11.4 Å². The second-order valence-electron chi connectivity index (χ2n) is 6.52. The molecule has 1 aliphatic rings. The zero-order valence-corrected chi connectivity index (χ0v) is 15.6. The van der Waals surface area contributed by atoms with Crippen molar-refractivity contribution in [2.24, 2.45) is 5.92 Å². The van der Waals surface area contributed by atoms with E-state index in [4.69, 9.17) is 22.1 Å². The van der Waals surface area contributed by atoms with E-state index in [1.165, 1.54) is 12.8 Å². The summed E-state index contributed by atoms with van der Waals surface area (Å²) in [5.74, 6) is 2.61. The molecule has 6 heteroatoms. The highest BCUT2D eigenvalue weighted by Gasteiger charge is 2.18. The summed E-state index contributed by atoms with van der Waals surface area (Å²) in [5.41, 5.74) is 1.06. The third kappa shape index (κ3) is 3.54. The van der Waals surface area contributed by atoms with Gasteiger partial charge in [0, 0.05) is 25.2 Å². The normalized spacial score (nSPS) is 16.5. The Kier molecular flexibility index (Phi) is 5.36. The van der Waals surface area contributed by atoms with E-state index in [1.54, 1.807) is 7.11 Å². The van der Waals surface area contributed by atoms with Gasteiger partial charge in [-0.15, -0.1) is 0 Å². The van der Waals surface area contributed by atoms with Crippen molar-refractivity contribution in [3.63, 3.8) is 0 Å². The van der Waals surface area contributed by atoms with Crippen LogP contribution in [0.4, 0.5) is 0 Å². The Balaban J connectivity index is 1.86. The lowest BCUT2D eigenvalue weighted by molar-refractivity contribution is 0.146. The lowest BCUT2D eigenvalue weighted by Crippen LogP contribution is -2.34. The summed E-state index contributed by atoms with van der Waals surface area (Å²) in [6.45, 7) is 8.28. The fourth-order valence-corrected chi connectivity index (χ4v) is 3.48. The number of nitrogens with zero attached hydrogens (tertiary/aromatic N) is 4. The molecule has 24 heavy (non-hydrogen) atoms. The molecule has 0 atom stereocenters. The topological polar surface area (TPSA) is 35.2 Å². The van der Waals surface area contributed by atoms with E-state index >= 15 is 0 Å². The number of rotatable bonds is 5. The molecule has 1 aromatic heterocycles. The van der Waals surface area contributed by atoms with Crippen LogP contribution in [0.1, 0.15) is 26.7 Å². The van der Waals surface area contributed by atoms with E-state index in [0.717, 1.165) is 54.1 Å². The zero-order valence-electron chi connectivity index (χ0n) is 14.7. The maximum absolute atomic E-state index is 5.66. The van der Waals surface area contributed by atoms with Crippen LogP contribution in [0, 0.1) is 10.7 Å². The van der Waals surface area contributed by atoms with Gasteiger partial charge < -0.3 is 9.30 Å². The average Bonchev–Trinajstić information content (AvgIpc) is 2.93. The molecule has 130 valence electrons. The van der Waals surface area contributed by atoms with Gasteiger partial charge >= 0.3 is 0 Å². The predicted octanol–water partition coefficient (Wildman–Crippen LogP) is 3.80. The first-order valence-corrected chi connectivity index (χ1v) is 9.07. The number of hydrogen-bond donors (Lipinski definition) is 0. The summed E-state index contributed by atoms with van der Waals surface area (Å²) in [6.07, 6.45) is 2.51. The van der Waals surface area contributed by atoms with Crippen molar-refractivity contribution < 1.29 is 4.74 Å². The first-order chi connectivity index (χ1) is 11.6. The van der Waals surface area contributed by atoms with E-state index in [1.807, 2.05) is 28.9 Å². The molecular weight excluding hydrogens is 320 g/mol. The van der Waals surface area contributed by atoms with Gasteiger partial charge in [-0.25, -0.2) is 4.68 Å². The molecule has 0 saturated carbocycles. The molecule has 1 fully saturated rings. The quantitative estimate of drug-likeness (QED) is 0.772. The fraction of sp³-hybridized carbons (Fsp3) is 0.556. The van der Waals surface area contributed by atoms with E-state index < -0.39 is 0 Å². The van der Waals surface area contributed by atoms with Crippen molar-refractivity contribution >= 4 is 12.2 Å². The Bertz CT molecular complexity index is 726. The van der Waals surface area contributed by atoms with Gasteiger partial charge in [0.1, 0.15) is 5.75 Å². The summed E-state index contributed by atoms with van der Waals surface area (Å²) in [7, 11) is 1.68. The molecule has 1 saturated heterocycles. The monoisotopic (exact) mass is 346 g/mol. The van der Waals surface area contributed by atoms with E-state index in [2.05, 4.69) is 23.3 Å². The summed E-state index contributed by atoms with van der Waals surface area (Å²) in [4.78, 5) is 2.45. The lowest BCUT2D eigenvalue weighted by Gasteiger charge is -2.29. The Morgan fingerprint density at radius 2 is 1.88 bits per heavy atom. The number of hydrogen-bond acceptors (Lipinski definition) is 4. The Hall–Kier alpha value is -1.66. The van der Waals surface area contributed by atoms with Crippen molar-refractivity contribution in [1.29, 1.82) is 0 Å². The van der Waals surface area contributed by atoms with E-state index in [0.29, 0.717) is 0 Å². The van der Waals surface area contributed by atoms with Gasteiger partial charge in [-0.2, -0.15) is 5.10 Å². The van der Waals surface area contributed by atoms with Crippen molar-refractivity contribution in [1.82, 2.24) is 19.2 Å². The molecule has 1 aliphatic heterocycles. The first kappa shape index (κ1) is 17.2. The molecule has 0 spiro atoms. The minimum atomic E-state index is 0.779. The van der Waals surface area contributed by atoms with Gasteiger partial charge in [0.05, 0.1) is 13.8 Å². The van der Waals surface area contributed by atoms with Crippen molar-refractivity contribution in [3.05, 3.63) is 29.0 Å². The smallest absolute Gasteiger partial charge is 0.199 e. The van der Waals surface area contributed by atoms with Gasteiger partial charge in [-0.05, 0) is 62.2 Å². The van der Waals surface area contributed by atoms with Crippen molar-refractivity contribution in [3.8, 4) is 17.1 Å². The summed E-state index contributed by atoms with van der Waals surface area (Å²) < 4.78 is 10.1. The first-order valence-electron chi connectivity index (χ1n) is 8.66. The predicted molar refractivity (Wildman–Crippen MR) is 98.7 cm³/mol. The Morgan fingerprint density at radius 3 is 2.46 bits per heavy atom. The second-order valence-corrected chi connectivity index (χ2v) is 6.89. The third-order valence-corrected chi connectivity index (χ3v) is 5.23. The van der Waals surface area contributed by atoms with Crippen LogP contribution in [-0.2, 0) is 13.2 Å². The molecule has 2 aromatic rings. The number of ether oxygens (including phenoxy) is 1. The SMILES string of the molecule is CCn1c(-c2ccc(OC)cc2)nn(CN2CCC(C)CC2)c1=S. The highest BCUT2D eigenvalue weighted by atomic mass is 32.1. The highest BCUT2D eigenvalue weighted by Crippen LogP contribution is 2.22. The van der Waals surface area contributed by atoms with Crippen LogP contribution in [-0.4, -0.2) is 39.4 Å². The maximum atomic E-state index is 5.66. The number of piperidine rings is 1. The average molecular weight is 347 g/mol. The van der Waals surface area contributed by atoms with Gasteiger partial charge in [0.2, 0.25) is 0 Å². The molecule has 0 radical (unpaired) electrons. The van der Waals surface area contributed by atoms with Crippen molar-refractivity contribution in [2.75, 3.05) is 20.2 Å². The Labute approximate surface area is 148 Å². The van der Waals surface area contributed by atoms with Crippen LogP contribution in [0.5, 0.6) is 5.75 Å². The van der Waals surface area contributed by atoms with Crippen molar-refractivity contribution in [2.45, 2.75) is 39.9 Å². The van der Waals surface area contributed by atoms with E-state index in [9.17, 15) is 0 Å². The number of benzene rings is 1. The minimum absolute atomic E-state index is 0.779. The summed E-state index contributed by atoms with van der Waals surface area (Å²) in [5, 5.41) is 4.81. The lowest BCUT2D eigenvalue weighted by atomic mass is 10.00. The number of likely N-dealkylation sites (tertiary alicyclic amines) is 1. The van der Waals surface area contributed by atoms with Gasteiger partial charge in [0.15, 0.2) is 10.6 Å². The number of aromatic nitrogens is 3. The van der Waals surface area contributed by atoms with Gasteiger partial charge in [-0.3, -0.25) is 4.90 Å². The molecule has 0 aliphatic carbocycles. The minimum Gasteiger partial charge on any atom is -0.497 e. The largest absolute Gasteiger partial charge is 0.497 e. The van der Waals surface area contributed by atoms with Crippen LogP contribution in [0.3, 0.4) is 0 Å². The summed E-state index contributed by atoms with van der Waals surface area (Å²) in [6, 6.07) is 8.00. The fourth-order valence-electron chi connectivity index (χ4n) is 3.16. The van der Waals surface area contributed by atoms with E-state index in [-0.39, 0.29) is 0 Å². The second kappa shape index (κ2) is 7.49. The summed E-state index contributed by atoms with van der Waals surface area (Å²) >= 11 is 5.66. The molecule has 0 amide bonds. The van der Waals surface area contributed by atoms with Crippen LogP contribution < -0.4 is 4.74 Å². The molecule has 1 aromatic carbocycles. The molecule has 0 N–H and O–H groups in total. The number of methoxy groups -OCH3 is 1. The molecular formula is C18H26N4OS. The molecule has 0 unspecified atom stereocenters. The molecule has 0 bridgehead atoms. The maximum Gasteiger partial charge on any atom is 0.199 e. The van der Waals surface area contributed by atoms with Gasteiger partial charge in [0.25, 0.3) is 0 Å². The van der Waals surface area contributed by atoms with Crippen LogP contribution in [0.2, 0.25) is 0 Å². The highest BCUT2D eigenvalue weighted by molar-refractivity contribution is 7.71. The Morgan fingerprint density at radius 1 is 1.21 bits per heavy atom. The zero-order chi connectivity index (χ0) is 17.1. The standard InChI is InChI=1S/C18H26N4OS/c1-4-21-17(15-5-7-16(23-3)8-6-15)19-22(18(21)24)13-20-11-9-14(2)10-12-20/h5-8,14H,4,9-13H2,1-3H3. The third-order valence-electron chi connectivity index (χ3n) is 4.80.